The van der Waals surface area contributed by atoms with Gasteiger partial charge < -0.3 is 19.2 Å². The van der Waals surface area contributed by atoms with E-state index < -0.39 is 0 Å². The Balaban J connectivity index is 1.16. The highest BCUT2D eigenvalue weighted by Crippen LogP contribution is 2.30. The number of hydrogen-bond acceptors (Lipinski definition) is 5. The third kappa shape index (κ3) is 4.79. The van der Waals surface area contributed by atoms with E-state index in [-0.39, 0.29) is 11.5 Å². The summed E-state index contributed by atoms with van der Waals surface area (Å²) in [5.41, 5.74) is 5.42. The van der Waals surface area contributed by atoms with Crippen LogP contribution < -0.4 is 10.3 Å². The molecule has 0 saturated carbocycles. The molecule has 5 aromatic rings. The first-order valence-electron chi connectivity index (χ1n) is 13.2. The maximum absolute atomic E-state index is 12.4. The maximum Gasteiger partial charge on any atom is 0.274 e. The van der Waals surface area contributed by atoms with E-state index in [4.69, 9.17) is 9.72 Å². The van der Waals surface area contributed by atoms with Crippen LogP contribution in [-0.2, 0) is 11.8 Å². The highest BCUT2D eigenvalue weighted by atomic mass is 16.5. The van der Waals surface area contributed by atoms with Gasteiger partial charge in [0.25, 0.3) is 5.56 Å². The molecule has 8 nitrogen and oxygen atoms in total. The molecule has 198 valence electrons. The second-order valence-corrected chi connectivity index (χ2v) is 10.3. The van der Waals surface area contributed by atoms with E-state index in [9.17, 15) is 9.59 Å². The van der Waals surface area contributed by atoms with E-state index in [1.807, 2.05) is 55.7 Å². The molecule has 0 spiro atoms. The number of nitrogens with one attached hydrogen (secondary N) is 1. The summed E-state index contributed by atoms with van der Waals surface area (Å²) in [5.74, 6) is 0.951. The van der Waals surface area contributed by atoms with Gasteiger partial charge in [0.2, 0.25) is 5.91 Å². The summed E-state index contributed by atoms with van der Waals surface area (Å²) in [6, 6.07) is 20.5. The number of piperazine rings is 1. The van der Waals surface area contributed by atoms with E-state index in [1.54, 1.807) is 22.7 Å². The Labute approximate surface area is 226 Å². The third-order valence-electron chi connectivity index (χ3n) is 7.62. The van der Waals surface area contributed by atoms with Crippen LogP contribution in [-0.4, -0.2) is 69.6 Å². The van der Waals surface area contributed by atoms with Gasteiger partial charge in [0, 0.05) is 67.5 Å². The molecule has 3 aromatic heterocycles. The highest BCUT2D eigenvalue weighted by Gasteiger charge is 2.26. The number of carbonyl (C=O) groups is 1. The van der Waals surface area contributed by atoms with E-state index in [0.717, 1.165) is 51.0 Å². The molecule has 0 aliphatic carbocycles. The zero-order valence-corrected chi connectivity index (χ0v) is 22.3. The zero-order chi connectivity index (χ0) is 27.1. The minimum Gasteiger partial charge on any atom is -0.492 e. The molecule has 1 aliphatic heterocycles. The lowest BCUT2D eigenvalue weighted by molar-refractivity contribution is -0.136. The molecule has 1 saturated heterocycles. The number of H-pyrrole nitrogens is 1. The van der Waals surface area contributed by atoms with Gasteiger partial charge in [-0.2, -0.15) is 0 Å². The maximum atomic E-state index is 12.4. The zero-order valence-electron chi connectivity index (χ0n) is 22.3. The van der Waals surface area contributed by atoms with Gasteiger partial charge >= 0.3 is 0 Å². The minimum atomic E-state index is -0.0385. The molecule has 6 rings (SSSR count). The van der Waals surface area contributed by atoms with Crippen molar-refractivity contribution in [3.05, 3.63) is 83.4 Å². The number of likely N-dealkylation sites (N-methyl/N-ethyl adjacent to an activating group) is 1. The fourth-order valence-corrected chi connectivity index (χ4v) is 5.32. The van der Waals surface area contributed by atoms with Gasteiger partial charge in [-0.15, -0.1) is 0 Å². The van der Waals surface area contributed by atoms with Crippen LogP contribution in [0.3, 0.4) is 0 Å². The largest absolute Gasteiger partial charge is 0.492 e. The third-order valence-corrected chi connectivity index (χ3v) is 7.62. The van der Waals surface area contributed by atoms with Crippen LogP contribution in [0.4, 0.5) is 0 Å². The van der Waals surface area contributed by atoms with Crippen LogP contribution in [0.15, 0.2) is 77.9 Å². The minimum absolute atomic E-state index is 0.0385. The Bertz CT molecular complexity index is 1740. The van der Waals surface area contributed by atoms with Crippen molar-refractivity contribution in [1.29, 1.82) is 0 Å². The Hall–Kier alpha value is -4.43. The van der Waals surface area contributed by atoms with Gasteiger partial charge in [0.15, 0.2) is 0 Å². The summed E-state index contributed by atoms with van der Waals surface area (Å²) < 4.78 is 7.58. The van der Waals surface area contributed by atoms with Crippen molar-refractivity contribution in [2.45, 2.75) is 13.0 Å². The molecule has 2 aromatic carbocycles. The number of benzene rings is 2. The molecule has 1 aliphatic rings. The Morgan fingerprint density at radius 3 is 2.62 bits per heavy atom. The van der Waals surface area contributed by atoms with Crippen LogP contribution in [0, 0.1) is 0 Å². The van der Waals surface area contributed by atoms with Gasteiger partial charge in [0.05, 0.1) is 17.8 Å². The SMILES string of the molecule is C[C@H]1CN(C)C(=O)CN1CCOc1ccc(-c2ccc3cc(-c4cn(C)c(=O)c5[nH]ccc45)ccc3n2)cc1. The van der Waals surface area contributed by atoms with E-state index >= 15 is 0 Å². The molecule has 0 unspecified atom stereocenters. The van der Waals surface area contributed by atoms with Gasteiger partial charge in [-0.25, -0.2) is 4.98 Å². The quantitative estimate of drug-likeness (QED) is 0.361. The van der Waals surface area contributed by atoms with E-state index in [2.05, 4.69) is 35.0 Å². The van der Waals surface area contributed by atoms with Gasteiger partial charge in [-0.1, -0.05) is 12.1 Å². The molecular formula is C31H31N5O3. The summed E-state index contributed by atoms with van der Waals surface area (Å²) >= 11 is 0. The number of carbonyl (C=O) groups excluding carboxylic acids is 1. The fraction of sp³-hybridized carbons (Fsp3) is 0.258. The number of amides is 1. The number of rotatable bonds is 6. The number of ether oxygens (including phenoxy) is 1. The molecule has 1 fully saturated rings. The van der Waals surface area contributed by atoms with Gasteiger partial charge in [-0.3, -0.25) is 14.5 Å². The predicted molar refractivity (Wildman–Crippen MR) is 154 cm³/mol. The van der Waals surface area contributed by atoms with Crippen LogP contribution in [0.5, 0.6) is 5.75 Å². The number of nitrogens with zero attached hydrogens (tertiary/aromatic N) is 4. The smallest absolute Gasteiger partial charge is 0.274 e. The van der Waals surface area contributed by atoms with Crippen LogP contribution in [0.2, 0.25) is 0 Å². The van der Waals surface area contributed by atoms with Crippen LogP contribution in [0.25, 0.3) is 44.2 Å². The van der Waals surface area contributed by atoms with Crippen molar-refractivity contribution in [3.63, 3.8) is 0 Å². The molecule has 1 atom stereocenters. The molecule has 1 amide bonds. The van der Waals surface area contributed by atoms with Crippen molar-refractivity contribution in [2.75, 3.05) is 33.3 Å². The Morgan fingerprint density at radius 1 is 1.00 bits per heavy atom. The number of aromatic nitrogens is 3. The summed E-state index contributed by atoms with van der Waals surface area (Å²) in [7, 11) is 3.62. The predicted octanol–water partition coefficient (Wildman–Crippen LogP) is 4.29. The number of fused-ring (bicyclic) bond motifs is 2. The second kappa shape index (κ2) is 10.0. The highest BCUT2D eigenvalue weighted by molar-refractivity contribution is 5.97. The Kier molecular flexibility index (Phi) is 6.40. The second-order valence-electron chi connectivity index (χ2n) is 10.3. The summed E-state index contributed by atoms with van der Waals surface area (Å²) in [4.78, 5) is 36.3. The number of aromatic amines is 1. The first kappa shape index (κ1) is 24.9. The van der Waals surface area contributed by atoms with Crippen LogP contribution >= 0.6 is 0 Å². The topological polar surface area (TPSA) is 83.5 Å². The normalized spacial score (nSPS) is 16.3. The standard InChI is InChI=1S/C31H31N5O3/c1-20-17-34(2)29(37)19-36(20)14-15-39-24-8-4-21(5-9-24)27-11-7-23-16-22(6-10-28(23)33-27)26-18-35(3)31(38)30-25(26)12-13-32-30/h4-13,16,18,20,32H,14-15,17,19H2,1-3H3/t20-/m0/s1. The first-order valence-corrected chi connectivity index (χ1v) is 13.2. The lowest BCUT2D eigenvalue weighted by atomic mass is 10.0. The van der Waals surface area contributed by atoms with Gasteiger partial charge in [-0.05, 0) is 61.0 Å². The molecule has 0 bridgehead atoms. The average Bonchev–Trinajstić information content (AvgIpc) is 3.44. The van der Waals surface area contributed by atoms with E-state index in [0.29, 0.717) is 31.3 Å². The lowest BCUT2D eigenvalue weighted by Crippen LogP contribution is -2.54. The number of aryl methyl sites for hydroxylation is 1. The Morgan fingerprint density at radius 2 is 1.79 bits per heavy atom. The summed E-state index contributed by atoms with van der Waals surface area (Å²) in [6.07, 6.45) is 3.69. The molecule has 1 N–H and O–H groups in total. The molecular weight excluding hydrogens is 490 g/mol. The van der Waals surface area contributed by atoms with Crippen molar-refractivity contribution >= 4 is 27.7 Å². The molecule has 4 heterocycles. The number of hydrogen-bond donors (Lipinski definition) is 1. The summed E-state index contributed by atoms with van der Waals surface area (Å²) in [5, 5.41) is 1.95. The van der Waals surface area contributed by atoms with Crippen molar-refractivity contribution in [2.24, 2.45) is 7.05 Å². The molecule has 0 radical (unpaired) electrons. The average molecular weight is 522 g/mol. The summed E-state index contributed by atoms with van der Waals surface area (Å²) in [6.45, 7) is 4.57. The molecule has 8 heteroatoms. The number of pyridine rings is 2. The molecule has 39 heavy (non-hydrogen) atoms. The van der Waals surface area contributed by atoms with E-state index in [1.165, 1.54) is 0 Å². The lowest BCUT2D eigenvalue weighted by Gasteiger charge is -2.37. The monoisotopic (exact) mass is 521 g/mol. The van der Waals surface area contributed by atoms with Crippen molar-refractivity contribution in [3.8, 4) is 28.1 Å². The van der Waals surface area contributed by atoms with Crippen molar-refractivity contribution < 1.29 is 9.53 Å². The fourth-order valence-electron chi connectivity index (χ4n) is 5.32. The van der Waals surface area contributed by atoms with Crippen LogP contribution in [0.1, 0.15) is 6.92 Å². The van der Waals surface area contributed by atoms with Crippen molar-refractivity contribution in [1.82, 2.24) is 24.3 Å². The van der Waals surface area contributed by atoms with Gasteiger partial charge in [0.1, 0.15) is 17.9 Å². The first-order chi connectivity index (χ1) is 18.9.